The minimum Gasteiger partial charge on any atom is -0.478 e. The van der Waals surface area contributed by atoms with Gasteiger partial charge in [0.15, 0.2) is 0 Å². The second kappa shape index (κ2) is 16.0. The smallest absolute Gasteiger partial charge is 0.293 e. The van der Waals surface area contributed by atoms with Crippen molar-refractivity contribution in [2.75, 3.05) is 25.2 Å². The van der Waals surface area contributed by atoms with Crippen LogP contribution in [0, 0.1) is 23.0 Å². The van der Waals surface area contributed by atoms with Crippen LogP contribution in [0.4, 0.5) is 32.0 Å². The number of hydrogen-bond acceptors (Lipinski definition) is 9. The molecule has 304 valence electrons. The Bertz CT molecular complexity index is 2460. The van der Waals surface area contributed by atoms with Crippen molar-refractivity contribution in [3.63, 3.8) is 0 Å². The Hall–Kier alpha value is -5.56. The lowest BCUT2D eigenvalue weighted by Crippen LogP contribution is -2.38. The highest BCUT2D eigenvalue weighted by Crippen LogP contribution is 2.68. The SMILES string of the molecule is CCOc1ccc(-c2cc(=O)n(-c3ccc(Cl)c(C(=N)NSC)c3NC)c(C(Cc3cc(F)cc(F)c3)NC(=O)Cn3nc(C(F)F)c4c3C(F)(F)C3C[C@H]43)n2)cn1. The number of halogens is 7. The van der Waals surface area contributed by atoms with E-state index in [1.54, 1.807) is 25.3 Å². The zero-order chi connectivity index (χ0) is 41.6. The molecular weight excluding hydrogens is 812 g/mol. The third-order valence-electron chi connectivity index (χ3n) is 9.82. The molecule has 0 radical (unpaired) electrons. The van der Waals surface area contributed by atoms with Gasteiger partial charge in [0.1, 0.15) is 41.2 Å². The van der Waals surface area contributed by atoms with E-state index in [-0.39, 0.29) is 62.7 Å². The number of aromatic nitrogens is 5. The van der Waals surface area contributed by atoms with E-state index < -0.39 is 77.7 Å². The maximum Gasteiger partial charge on any atom is 0.293 e. The van der Waals surface area contributed by atoms with Crippen LogP contribution in [-0.4, -0.2) is 56.0 Å². The number of benzene rings is 2. The van der Waals surface area contributed by atoms with Crippen molar-refractivity contribution in [2.24, 2.45) is 5.92 Å². The van der Waals surface area contributed by atoms with Crippen LogP contribution in [0.2, 0.25) is 5.02 Å². The molecule has 2 aromatic carbocycles. The van der Waals surface area contributed by atoms with Crippen molar-refractivity contribution < 1.29 is 35.9 Å². The van der Waals surface area contributed by atoms with Gasteiger partial charge in [-0.1, -0.05) is 23.5 Å². The third kappa shape index (κ3) is 7.59. The Morgan fingerprint density at radius 2 is 1.88 bits per heavy atom. The molecule has 2 aliphatic rings. The summed E-state index contributed by atoms with van der Waals surface area (Å²) in [4.78, 5) is 37.5. The number of amides is 1. The van der Waals surface area contributed by atoms with E-state index in [4.69, 9.17) is 26.7 Å². The molecule has 0 spiro atoms. The van der Waals surface area contributed by atoms with E-state index >= 15 is 8.78 Å². The monoisotopic (exact) mass is 845 g/mol. The first-order chi connectivity index (χ1) is 27.7. The Morgan fingerprint density at radius 3 is 2.52 bits per heavy atom. The second-order valence-corrected chi connectivity index (χ2v) is 14.5. The first-order valence-corrected chi connectivity index (χ1v) is 19.4. The van der Waals surface area contributed by atoms with Gasteiger partial charge in [0.25, 0.3) is 17.9 Å². The molecule has 1 amide bonds. The quantitative estimate of drug-likeness (QED) is 0.0391. The number of amidine groups is 1. The molecule has 3 aromatic heterocycles. The van der Waals surface area contributed by atoms with Crippen molar-refractivity contribution in [1.29, 1.82) is 5.41 Å². The topological polar surface area (TPSA) is 152 Å². The lowest BCUT2D eigenvalue weighted by molar-refractivity contribution is -0.123. The standard InChI is InChI=1S/C38H34ClF6N9O3S/c1-4-57-28-8-5-18(15-48-28)24-14-29(56)54(26-7-6-23(39)31(32(26)47-2)36(46)52-58-3)37(50-24)25(11-17-9-19(40)12-20(41)10-17)49-27(55)16-53-34-30(33(51-53)35(42)43)21-13-22(21)38(34,44)45/h5-10,12,14-15,21-22,25,35,47H,4,11,13,16H2,1-3H3,(H2,46,52)(H,49,55)/t21-,22?,25?/m0/s1. The fraction of sp³-hybridized carbons (Fsp3) is 0.316. The van der Waals surface area contributed by atoms with Crippen LogP contribution in [0.3, 0.4) is 0 Å². The molecule has 3 heterocycles. The van der Waals surface area contributed by atoms with Gasteiger partial charge in [-0.15, -0.1) is 0 Å². The summed E-state index contributed by atoms with van der Waals surface area (Å²) in [5.74, 6) is -8.49. The van der Waals surface area contributed by atoms with E-state index in [1.807, 2.05) is 0 Å². The summed E-state index contributed by atoms with van der Waals surface area (Å²) < 4.78 is 98.2. The molecule has 4 N–H and O–H groups in total. The number of hydrogen-bond donors (Lipinski definition) is 4. The molecule has 1 fully saturated rings. The second-order valence-electron chi connectivity index (χ2n) is 13.5. The molecule has 3 atom stereocenters. The molecular formula is C38H34ClF6N9O3S. The molecule has 0 aliphatic heterocycles. The number of carbonyl (C=O) groups excluding carboxylic acids is 1. The van der Waals surface area contributed by atoms with Gasteiger partial charge >= 0.3 is 0 Å². The van der Waals surface area contributed by atoms with Crippen LogP contribution < -0.4 is 25.7 Å². The highest BCUT2D eigenvalue weighted by molar-refractivity contribution is 7.97. The van der Waals surface area contributed by atoms with Crippen LogP contribution in [0.25, 0.3) is 16.9 Å². The summed E-state index contributed by atoms with van der Waals surface area (Å²) in [5, 5.41) is 18.2. The number of nitrogens with one attached hydrogen (secondary N) is 4. The lowest BCUT2D eigenvalue weighted by Gasteiger charge is -2.25. The molecule has 0 saturated heterocycles. The Morgan fingerprint density at radius 1 is 1.14 bits per heavy atom. The van der Waals surface area contributed by atoms with Gasteiger partial charge in [-0.2, -0.15) is 13.9 Å². The van der Waals surface area contributed by atoms with Crippen LogP contribution in [0.5, 0.6) is 5.88 Å². The maximum absolute atomic E-state index is 15.4. The zero-order valence-electron chi connectivity index (χ0n) is 30.8. The molecule has 1 saturated carbocycles. The zero-order valence-corrected chi connectivity index (χ0v) is 32.4. The molecule has 20 heteroatoms. The number of alkyl halides is 4. The predicted molar refractivity (Wildman–Crippen MR) is 205 cm³/mol. The van der Waals surface area contributed by atoms with E-state index in [0.29, 0.717) is 22.9 Å². The number of fused-ring (bicyclic) bond motifs is 3. The Labute approximate surface area is 336 Å². The van der Waals surface area contributed by atoms with Crippen LogP contribution in [0.1, 0.15) is 65.6 Å². The Balaban J connectivity index is 1.41. The molecule has 12 nitrogen and oxygen atoms in total. The lowest BCUT2D eigenvalue weighted by atomic mass is 10.0. The number of pyridine rings is 1. The van der Waals surface area contributed by atoms with Crippen molar-refractivity contribution in [2.45, 2.75) is 50.6 Å². The predicted octanol–water partition coefficient (Wildman–Crippen LogP) is 7.30. The molecule has 2 unspecified atom stereocenters. The molecule has 58 heavy (non-hydrogen) atoms. The summed E-state index contributed by atoms with van der Waals surface area (Å²) in [6, 6.07) is 8.40. The van der Waals surface area contributed by atoms with Crippen LogP contribution >= 0.6 is 23.5 Å². The van der Waals surface area contributed by atoms with Gasteiger partial charge in [0, 0.05) is 61.2 Å². The molecule has 2 aliphatic carbocycles. The highest BCUT2D eigenvalue weighted by atomic mass is 35.5. The van der Waals surface area contributed by atoms with Crippen LogP contribution in [-0.2, 0) is 23.7 Å². The molecule has 5 aromatic rings. The molecule has 7 rings (SSSR count). The molecule has 0 bridgehead atoms. The maximum atomic E-state index is 15.4. The normalized spacial score (nSPS) is 16.7. The fourth-order valence-electron chi connectivity index (χ4n) is 7.42. The number of anilines is 1. The van der Waals surface area contributed by atoms with E-state index in [2.05, 4.69) is 25.4 Å². The van der Waals surface area contributed by atoms with Crippen molar-refractivity contribution in [3.05, 3.63) is 116 Å². The van der Waals surface area contributed by atoms with Crippen LogP contribution in [0.15, 0.2) is 59.5 Å². The Kier molecular flexibility index (Phi) is 11.2. The minimum absolute atomic E-state index is 0.0000853. The van der Waals surface area contributed by atoms with Gasteiger partial charge < -0.3 is 20.1 Å². The van der Waals surface area contributed by atoms with E-state index in [0.717, 1.165) is 28.6 Å². The van der Waals surface area contributed by atoms with Crippen molar-refractivity contribution >= 4 is 41.0 Å². The van der Waals surface area contributed by atoms with Crippen molar-refractivity contribution in [3.8, 4) is 22.8 Å². The summed E-state index contributed by atoms with van der Waals surface area (Å²) in [6.45, 7) is 1.15. The van der Waals surface area contributed by atoms with Gasteiger partial charge in [-0.05, 0) is 55.2 Å². The minimum atomic E-state index is -3.52. The summed E-state index contributed by atoms with van der Waals surface area (Å²) in [6.07, 6.45) is -0.502. The van der Waals surface area contributed by atoms with E-state index in [1.165, 1.54) is 31.4 Å². The first kappa shape index (κ1) is 40.6. The van der Waals surface area contributed by atoms with Crippen molar-refractivity contribution in [1.82, 2.24) is 34.4 Å². The summed E-state index contributed by atoms with van der Waals surface area (Å²) in [5.41, 5.74) is -1.78. The number of carbonyl (C=O) groups is 1. The number of ether oxygens (including phenoxy) is 1. The summed E-state index contributed by atoms with van der Waals surface area (Å²) in [7, 11) is 1.52. The van der Waals surface area contributed by atoms with Gasteiger partial charge in [-0.3, -0.25) is 24.2 Å². The third-order valence-corrected chi connectivity index (χ3v) is 10.5. The van der Waals surface area contributed by atoms with Gasteiger partial charge in [-0.25, -0.2) is 27.5 Å². The number of nitrogens with zero attached hydrogens (tertiary/aromatic N) is 5. The summed E-state index contributed by atoms with van der Waals surface area (Å²) >= 11 is 7.68. The average Bonchev–Trinajstić information content (AvgIpc) is 3.82. The van der Waals surface area contributed by atoms with Gasteiger partial charge in [0.2, 0.25) is 11.8 Å². The van der Waals surface area contributed by atoms with E-state index in [9.17, 15) is 27.2 Å². The largest absolute Gasteiger partial charge is 0.478 e. The fourth-order valence-corrected chi connectivity index (χ4v) is 7.98. The number of rotatable bonds is 14. The highest BCUT2D eigenvalue weighted by Gasteiger charge is 2.67. The average molecular weight is 846 g/mol. The first-order valence-electron chi connectivity index (χ1n) is 17.8. The van der Waals surface area contributed by atoms with Gasteiger partial charge in [0.05, 0.1) is 40.3 Å².